The van der Waals surface area contributed by atoms with Gasteiger partial charge in [-0.05, 0) is 67.4 Å². The van der Waals surface area contributed by atoms with Crippen LogP contribution in [-0.2, 0) is 17.9 Å². The second kappa shape index (κ2) is 19.4. The molecule has 8 nitrogen and oxygen atoms in total. The van der Waals surface area contributed by atoms with E-state index in [0.29, 0.717) is 80.6 Å². The van der Waals surface area contributed by atoms with Crippen LogP contribution in [0.2, 0.25) is 5.04 Å². The fourth-order valence-corrected chi connectivity index (χ4v) is 15.8. The molecule has 0 radical (unpaired) electrons. The number of ether oxygens (including phenoxy) is 1. The summed E-state index contributed by atoms with van der Waals surface area (Å²) < 4.78 is 49.7. The minimum atomic E-state index is -2.74. The summed E-state index contributed by atoms with van der Waals surface area (Å²) in [4.78, 5) is 19.0. The quantitative estimate of drug-likeness (QED) is 0.0489. The molecular formula is C50H56F2N5O3PSSiTl-. The number of β-amino-alcohol motifs (C(OH)–C–C–N with tert-alkyl or cyclic N) is 1. The number of anilines is 1. The first-order chi connectivity index (χ1) is 29.8. The van der Waals surface area contributed by atoms with Gasteiger partial charge in [0, 0.05) is 6.04 Å². The largest absolute Gasteiger partial charge is 0.813 e. The van der Waals surface area contributed by atoms with E-state index in [2.05, 4.69) is 101 Å². The molecule has 3 aliphatic rings. The number of hydrogen-bond donors (Lipinski definition) is 1. The molecule has 4 aromatic carbocycles. The van der Waals surface area contributed by atoms with Crippen LogP contribution in [0.3, 0.4) is 0 Å². The van der Waals surface area contributed by atoms with Crippen LogP contribution in [0.4, 0.5) is 14.6 Å². The van der Waals surface area contributed by atoms with E-state index in [1.54, 1.807) is 18.3 Å². The first-order valence-electron chi connectivity index (χ1n) is 21.8. The molecule has 0 amide bonds. The van der Waals surface area contributed by atoms with Crippen molar-refractivity contribution < 1.29 is 23.1 Å². The van der Waals surface area contributed by atoms with E-state index < -0.39 is 25.6 Å². The van der Waals surface area contributed by atoms with Crippen LogP contribution >= 0.6 is 9.90 Å². The van der Waals surface area contributed by atoms with Gasteiger partial charge in [-0.3, -0.25) is 4.90 Å². The molecule has 0 saturated carbocycles. The molecule has 5 heterocycles. The first kappa shape index (κ1) is 48.4. The predicted molar refractivity (Wildman–Crippen MR) is 266 cm³/mol. The van der Waals surface area contributed by atoms with Gasteiger partial charge < -0.3 is 23.0 Å². The van der Waals surface area contributed by atoms with Gasteiger partial charge in [0.2, 0.25) is 0 Å². The van der Waals surface area contributed by atoms with Gasteiger partial charge in [0.05, 0.1) is 17.7 Å². The van der Waals surface area contributed by atoms with Crippen LogP contribution in [0.5, 0.6) is 6.01 Å². The second-order valence-corrected chi connectivity index (χ2v) is 24.0. The van der Waals surface area contributed by atoms with Gasteiger partial charge >= 0.3 is 187 Å². The molecule has 3 fully saturated rings. The predicted octanol–water partition coefficient (Wildman–Crippen LogP) is 7.69. The summed E-state index contributed by atoms with van der Waals surface area (Å²) in [6.07, 6.45) is 6.89. The minimum Gasteiger partial charge on any atom is -0.813 e. The summed E-state index contributed by atoms with van der Waals surface area (Å²) in [6, 6.07) is 30.4. The maximum Gasteiger partial charge on any atom is -0.000713 e. The summed E-state index contributed by atoms with van der Waals surface area (Å²) in [6.45, 7) is 11.6. The molecule has 0 aliphatic carbocycles. The third-order valence-corrected chi connectivity index (χ3v) is 19.0. The SMILES string of the molecule is CC(C)(C)[Si](OC[C@@H]1CC[C@]2(COc3nc(N4CCC[C@@](C)(O)C4)c4cnc(-c5cccc6ccc(F)c(C#[C][Tl])c56)c(F)c4n3)CCCN12)(c1ccccc1)c1ccccc1.P.[SH-]. The molecule has 14 heteroatoms. The number of halogens is 2. The van der Waals surface area contributed by atoms with E-state index in [1.807, 2.05) is 24.0 Å². The molecule has 0 spiro atoms. The van der Waals surface area contributed by atoms with Gasteiger partial charge in [-0.25, -0.2) is 0 Å². The van der Waals surface area contributed by atoms with Crippen LogP contribution in [0.15, 0.2) is 97.2 Å². The Balaban J connectivity index is 0.00000306. The molecule has 3 aliphatic heterocycles. The molecule has 3 saturated heterocycles. The zero-order valence-corrected chi connectivity index (χ0v) is 44.9. The van der Waals surface area contributed by atoms with Crippen molar-refractivity contribution in [3.8, 4) is 26.7 Å². The Hall–Kier alpha value is -3.55. The van der Waals surface area contributed by atoms with Crippen molar-refractivity contribution in [3.05, 3.63) is 114 Å². The number of hydrogen-bond acceptors (Lipinski definition) is 9. The van der Waals surface area contributed by atoms with E-state index in [9.17, 15) is 5.11 Å². The molecule has 0 bridgehead atoms. The standard InChI is InChI=1S/C50H52F2N5O3Si.H3P.H2S.Tl/c1-6-38-41(51)23-22-34-16-13-21-39(42(34)38)44-43(52)45-40(30-53-44)46(56-28-14-25-49(5,58)32-56)55-47(54-45)59-33-50-26-15-29-57(50)35(24-27-50)31-60-61(48(2,3)4,36-17-9-7-10-18-36)37-19-11-8-12-20-37;;;/h7-13,16-23,30,35,58H,14-15,24-29,31-33H2,2-5H3;1H3;1H2;/p-1/t35-,49+,50-;;;/m0.../s1. The molecule has 6 aromatic rings. The molecule has 64 heavy (non-hydrogen) atoms. The molecule has 1 N–H and O–H groups in total. The molecule has 1 unspecified atom stereocenters. The number of benzene rings is 4. The Labute approximate surface area is 402 Å². The van der Waals surface area contributed by atoms with E-state index >= 15 is 8.78 Å². The number of aliphatic hydroxyl groups is 1. The van der Waals surface area contributed by atoms with Crippen molar-refractivity contribution in [1.82, 2.24) is 19.9 Å². The third kappa shape index (κ3) is 8.87. The zero-order chi connectivity index (χ0) is 43.3. The summed E-state index contributed by atoms with van der Waals surface area (Å²) in [5.74, 6) is 2.33. The summed E-state index contributed by atoms with van der Waals surface area (Å²) in [5, 5.41) is 15.2. The maximum absolute atomic E-state index is 17.3. The van der Waals surface area contributed by atoms with E-state index in [4.69, 9.17) is 19.1 Å². The van der Waals surface area contributed by atoms with Crippen LogP contribution in [0.1, 0.15) is 71.8 Å². The zero-order valence-electron chi connectivity index (χ0n) is 37.1. The van der Waals surface area contributed by atoms with Crippen molar-refractivity contribution in [2.45, 2.75) is 88.4 Å². The molecule has 332 valence electrons. The van der Waals surface area contributed by atoms with Crippen LogP contribution in [0, 0.1) is 21.0 Å². The smallest absolute Gasteiger partial charge is 0.000713 e. The summed E-state index contributed by atoms with van der Waals surface area (Å²) >= 11 is 0.342. The van der Waals surface area contributed by atoms with E-state index in [1.165, 1.54) is 16.4 Å². The Morgan fingerprint density at radius 2 is 1.61 bits per heavy atom. The van der Waals surface area contributed by atoms with Gasteiger partial charge in [0.15, 0.2) is 0 Å². The number of thiol groups is 1. The summed E-state index contributed by atoms with van der Waals surface area (Å²) in [5.41, 5.74) is -0.415. The van der Waals surface area contributed by atoms with Crippen LogP contribution in [-0.4, -0.2) is 109 Å². The fourth-order valence-electron chi connectivity index (χ4n) is 10.6. The maximum atomic E-state index is 17.3. The van der Waals surface area contributed by atoms with Gasteiger partial charge in [0.25, 0.3) is 8.32 Å². The number of rotatable bonds is 10. The van der Waals surface area contributed by atoms with E-state index in [0.717, 1.165) is 44.0 Å². The Morgan fingerprint density at radius 1 is 0.906 bits per heavy atom. The van der Waals surface area contributed by atoms with Crippen LogP contribution < -0.4 is 20.0 Å². The fraction of sp³-hybridized carbons (Fsp3) is 0.380. The van der Waals surface area contributed by atoms with Gasteiger partial charge in [-0.15, -0.1) is 0 Å². The van der Waals surface area contributed by atoms with Gasteiger partial charge in [0.1, 0.15) is 0 Å². The monoisotopic (exact) mass is 1110 g/mol. The van der Waals surface area contributed by atoms with Crippen molar-refractivity contribution in [2.75, 3.05) is 37.7 Å². The van der Waals surface area contributed by atoms with Crippen LogP contribution in [0.25, 0.3) is 32.9 Å². The van der Waals surface area contributed by atoms with Crippen molar-refractivity contribution in [1.29, 1.82) is 0 Å². The van der Waals surface area contributed by atoms with Crippen molar-refractivity contribution >= 4 is 95.3 Å². The molecule has 2 aromatic heterocycles. The average molecular weight is 1110 g/mol. The molecular weight excluding hydrogens is 1050 g/mol. The third-order valence-electron chi connectivity index (χ3n) is 13.5. The van der Waals surface area contributed by atoms with Gasteiger partial charge in [-0.2, -0.15) is 9.90 Å². The number of fused-ring (bicyclic) bond motifs is 3. The summed E-state index contributed by atoms with van der Waals surface area (Å²) in [7, 11) is -2.74. The average Bonchev–Trinajstić information content (AvgIpc) is 3.83. The van der Waals surface area contributed by atoms with E-state index in [-0.39, 0.29) is 62.8 Å². The Morgan fingerprint density at radius 3 is 2.28 bits per heavy atom. The Bertz CT molecular complexity index is 2660. The molecule has 9 rings (SSSR count). The number of aromatic nitrogens is 3. The van der Waals surface area contributed by atoms with Gasteiger partial charge in [-0.1, -0.05) is 81.4 Å². The topological polar surface area (TPSA) is 83.8 Å². The second-order valence-electron chi connectivity index (χ2n) is 18.6. The number of pyridine rings is 1. The number of piperidine rings is 1. The number of nitrogens with zero attached hydrogens (tertiary/aromatic N) is 5. The molecule has 4 atom stereocenters. The normalized spacial score (nSPS) is 21.2. The minimum absolute atomic E-state index is 0. The van der Waals surface area contributed by atoms with Crippen molar-refractivity contribution in [3.63, 3.8) is 0 Å². The first-order valence-corrected chi connectivity index (χ1v) is 25.9. The van der Waals surface area contributed by atoms with Crippen molar-refractivity contribution in [2.24, 2.45) is 0 Å². The Kier molecular flexibility index (Phi) is 14.6.